The van der Waals surface area contributed by atoms with E-state index in [1.165, 1.54) is 18.5 Å². The number of carbonyl (C=O) groups is 2. The Morgan fingerprint density at radius 3 is 2.45 bits per heavy atom. The van der Waals surface area contributed by atoms with Gasteiger partial charge in [0.25, 0.3) is 5.56 Å². The monoisotopic (exact) mass is 461 g/mol. The minimum Gasteiger partial charge on any atom is -0.465 e. The number of rotatable bonds is 7. The summed E-state index contributed by atoms with van der Waals surface area (Å²) in [6.45, 7) is 2.59. The van der Waals surface area contributed by atoms with Crippen LogP contribution in [-0.2, 0) is 33.6 Å². The van der Waals surface area contributed by atoms with E-state index in [2.05, 4.69) is 4.98 Å². The van der Waals surface area contributed by atoms with E-state index in [0.29, 0.717) is 16.5 Å². The van der Waals surface area contributed by atoms with Gasteiger partial charge in [-0.3, -0.25) is 19.0 Å². The van der Waals surface area contributed by atoms with E-state index in [1.807, 2.05) is 13.0 Å². The quantitative estimate of drug-likeness (QED) is 0.505. The van der Waals surface area contributed by atoms with Gasteiger partial charge in [0.2, 0.25) is 5.91 Å². The van der Waals surface area contributed by atoms with Crippen LogP contribution in [0, 0.1) is 6.92 Å². The second kappa shape index (κ2) is 9.85. The number of amides is 1. The number of ether oxygens (including phenoxy) is 1. The lowest BCUT2D eigenvalue weighted by Gasteiger charge is -2.22. The zero-order chi connectivity index (χ0) is 24.2. The molecule has 7 nitrogen and oxygen atoms in total. The maximum Gasteiger partial charge on any atom is 0.416 e. The van der Waals surface area contributed by atoms with Crippen molar-refractivity contribution in [3.63, 3.8) is 0 Å². The third-order valence-electron chi connectivity index (χ3n) is 4.99. The summed E-state index contributed by atoms with van der Waals surface area (Å²) in [7, 11) is 0. The topological polar surface area (TPSA) is 81.5 Å². The molecule has 0 aliphatic carbocycles. The summed E-state index contributed by atoms with van der Waals surface area (Å²) >= 11 is 0. The molecule has 1 heterocycles. The summed E-state index contributed by atoms with van der Waals surface area (Å²) in [5, 5.41) is 0.352. The molecule has 2 aromatic carbocycles. The maximum absolute atomic E-state index is 13.0. The summed E-state index contributed by atoms with van der Waals surface area (Å²) in [6, 6.07) is 9.42. The van der Waals surface area contributed by atoms with Crippen LogP contribution in [0.25, 0.3) is 10.9 Å². The first-order valence-corrected chi connectivity index (χ1v) is 10.1. The smallest absolute Gasteiger partial charge is 0.416 e. The average molecular weight is 461 g/mol. The number of fused-ring (bicyclic) bond motifs is 1. The Kier molecular flexibility index (Phi) is 7.15. The number of carbonyl (C=O) groups excluding carboxylic acids is 2. The fourth-order valence-electron chi connectivity index (χ4n) is 3.31. The Balaban J connectivity index is 1.85. The Morgan fingerprint density at radius 1 is 1.12 bits per heavy atom. The molecule has 3 rings (SSSR count). The van der Waals surface area contributed by atoms with Crippen LogP contribution in [0.15, 0.2) is 53.6 Å². The first-order chi connectivity index (χ1) is 15.6. The zero-order valence-corrected chi connectivity index (χ0v) is 18.1. The average Bonchev–Trinajstić information content (AvgIpc) is 2.75. The molecule has 0 aliphatic heterocycles. The van der Waals surface area contributed by atoms with Crippen LogP contribution in [0.3, 0.4) is 0 Å². The number of aromatic nitrogens is 2. The number of benzene rings is 2. The summed E-state index contributed by atoms with van der Waals surface area (Å²) in [4.78, 5) is 43.2. The van der Waals surface area contributed by atoms with Gasteiger partial charge in [0.15, 0.2) is 0 Å². The van der Waals surface area contributed by atoms with Crippen molar-refractivity contribution in [3.05, 3.63) is 75.8 Å². The Labute approximate surface area is 187 Å². The van der Waals surface area contributed by atoms with E-state index in [9.17, 15) is 27.6 Å². The van der Waals surface area contributed by atoms with E-state index >= 15 is 0 Å². The first-order valence-electron chi connectivity index (χ1n) is 10.1. The number of alkyl halides is 3. The molecule has 0 bridgehead atoms. The van der Waals surface area contributed by atoms with Crippen molar-refractivity contribution in [1.29, 1.82) is 0 Å². The molecule has 0 saturated carbocycles. The maximum atomic E-state index is 13.0. The van der Waals surface area contributed by atoms with Crippen molar-refractivity contribution in [3.8, 4) is 0 Å². The van der Waals surface area contributed by atoms with Crippen LogP contribution in [0.5, 0.6) is 0 Å². The number of hydrogen-bond donors (Lipinski definition) is 0. The van der Waals surface area contributed by atoms with Crippen LogP contribution in [0.2, 0.25) is 0 Å². The second-order valence-electron chi connectivity index (χ2n) is 7.40. The van der Waals surface area contributed by atoms with Gasteiger partial charge in [-0.1, -0.05) is 24.3 Å². The normalized spacial score (nSPS) is 11.4. The molecule has 10 heteroatoms. The highest BCUT2D eigenvalue weighted by molar-refractivity contribution is 5.83. The van der Waals surface area contributed by atoms with E-state index in [-0.39, 0.29) is 13.2 Å². The highest BCUT2D eigenvalue weighted by Gasteiger charge is 2.30. The third-order valence-corrected chi connectivity index (χ3v) is 4.99. The summed E-state index contributed by atoms with van der Waals surface area (Å²) in [5.74, 6) is -1.25. The van der Waals surface area contributed by atoms with Crippen LogP contribution in [-0.4, -0.2) is 39.5 Å². The fraction of sp³-hybridized carbons (Fsp3) is 0.304. The van der Waals surface area contributed by atoms with Gasteiger partial charge in [-0.2, -0.15) is 13.2 Å². The summed E-state index contributed by atoms with van der Waals surface area (Å²) < 4.78 is 44.5. The summed E-state index contributed by atoms with van der Waals surface area (Å²) in [5.41, 5.74) is 0.496. The van der Waals surface area contributed by atoms with Gasteiger partial charge in [0, 0.05) is 6.54 Å². The molecule has 1 aromatic heterocycles. The number of esters is 1. The Hall–Kier alpha value is -3.69. The van der Waals surface area contributed by atoms with Gasteiger partial charge in [0.1, 0.15) is 13.1 Å². The Morgan fingerprint density at radius 2 is 1.82 bits per heavy atom. The molecule has 174 valence electrons. The number of halogens is 3. The zero-order valence-electron chi connectivity index (χ0n) is 18.1. The van der Waals surface area contributed by atoms with Crippen molar-refractivity contribution in [2.45, 2.75) is 33.1 Å². The summed E-state index contributed by atoms with van der Waals surface area (Å²) in [6.07, 6.45) is -3.22. The van der Waals surface area contributed by atoms with Gasteiger partial charge in [-0.25, -0.2) is 4.98 Å². The van der Waals surface area contributed by atoms with Crippen molar-refractivity contribution in [2.75, 3.05) is 13.2 Å². The van der Waals surface area contributed by atoms with Gasteiger partial charge in [-0.15, -0.1) is 0 Å². The first kappa shape index (κ1) is 24.0. The number of nitrogens with zero attached hydrogens (tertiary/aromatic N) is 3. The van der Waals surface area contributed by atoms with Crippen molar-refractivity contribution in [2.24, 2.45) is 0 Å². The molecule has 1 amide bonds. The van der Waals surface area contributed by atoms with Gasteiger partial charge in [-0.05, 0) is 43.2 Å². The number of aryl methyl sites for hydroxylation is 1. The lowest BCUT2D eigenvalue weighted by molar-refractivity contribution is -0.149. The molecule has 0 N–H and O–H groups in total. The van der Waals surface area contributed by atoms with E-state index < -0.39 is 42.3 Å². The van der Waals surface area contributed by atoms with Crippen LogP contribution in [0.1, 0.15) is 23.6 Å². The highest BCUT2D eigenvalue weighted by Crippen LogP contribution is 2.29. The third kappa shape index (κ3) is 5.76. The largest absolute Gasteiger partial charge is 0.465 e. The molecule has 0 saturated heterocycles. The molecule has 0 unspecified atom stereocenters. The van der Waals surface area contributed by atoms with Crippen molar-refractivity contribution >= 4 is 22.8 Å². The predicted octanol–water partition coefficient (Wildman–Crippen LogP) is 3.32. The number of para-hydroxylation sites is 1. The molecule has 0 atom stereocenters. The van der Waals surface area contributed by atoms with Gasteiger partial charge in [0.05, 0.1) is 29.4 Å². The van der Waals surface area contributed by atoms with Crippen LogP contribution < -0.4 is 5.56 Å². The molecule has 0 radical (unpaired) electrons. The van der Waals surface area contributed by atoms with Crippen LogP contribution in [0.4, 0.5) is 13.2 Å². The minimum absolute atomic E-state index is 0.106. The van der Waals surface area contributed by atoms with E-state index in [1.54, 1.807) is 19.1 Å². The fourth-order valence-corrected chi connectivity index (χ4v) is 3.31. The molecule has 0 fully saturated rings. The standard InChI is InChI=1S/C23H22F3N3O4/c1-3-33-20(31)13-28(11-16-7-9-17(10-8-16)23(24,25)26)19(30)12-29-14-27-21-15(2)5-4-6-18(21)22(29)32/h4-10,14H,3,11-13H2,1-2H3. The molecule has 0 aliphatic rings. The van der Waals surface area contributed by atoms with E-state index in [0.717, 1.165) is 27.2 Å². The molecular weight excluding hydrogens is 439 g/mol. The minimum atomic E-state index is -4.48. The van der Waals surface area contributed by atoms with Crippen LogP contribution >= 0.6 is 0 Å². The lowest BCUT2D eigenvalue weighted by atomic mass is 10.1. The predicted molar refractivity (Wildman–Crippen MR) is 114 cm³/mol. The van der Waals surface area contributed by atoms with E-state index in [4.69, 9.17) is 4.74 Å². The lowest BCUT2D eigenvalue weighted by Crippen LogP contribution is -2.39. The molecule has 0 spiro atoms. The molecule has 3 aromatic rings. The van der Waals surface area contributed by atoms with Gasteiger partial charge >= 0.3 is 12.1 Å². The van der Waals surface area contributed by atoms with Crippen molar-refractivity contribution in [1.82, 2.24) is 14.5 Å². The molecule has 33 heavy (non-hydrogen) atoms. The second-order valence-corrected chi connectivity index (χ2v) is 7.40. The Bertz CT molecular complexity index is 1220. The van der Waals surface area contributed by atoms with Gasteiger partial charge < -0.3 is 9.64 Å². The molecular formula is C23H22F3N3O4. The number of hydrogen-bond acceptors (Lipinski definition) is 5. The highest BCUT2D eigenvalue weighted by atomic mass is 19.4. The van der Waals surface area contributed by atoms with Crippen molar-refractivity contribution < 1.29 is 27.5 Å². The SMILES string of the molecule is CCOC(=O)CN(Cc1ccc(C(F)(F)F)cc1)C(=O)Cn1cnc2c(C)cccc2c1=O.